The van der Waals surface area contributed by atoms with Crippen LogP contribution in [0.1, 0.15) is 0 Å². The predicted molar refractivity (Wildman–Crippen MR) is 568 cm³/mol. The van der Waals surface area contributed by atoms with Crippen molar-refractivity contribution in [2.24, 2.45) is 0 Å². The molecule has 28 rings (SSSR count). The van der Waals surface area contributed by atoms with Crippen LogP contribution in [0, 0.1) is 0 Å². The van der Waals surface area contributed by atoms with Crippen molar-refractivity contribution in [3.05, 3.63) is 437 Å². The number of hydrogen-bond donors (Lipinski definition) is 0. The minimum Gasteiger partial charge on any atom is -0.247 e. The van der Waals surface area contributed by atoms with Gasteiger partial charge < -0.3 is 0 Å². The van der Waals surface area contributed by atoms with Crippen LogP contribution in [0.3, 0.4) is 0 Å². The lowest BCUT2D eigenvalue weighted by atomic mass is 9.98. The molecule has 0 unspecified atom stereocenters. The van der Waals surface area contributed by atoms with Crippen molar-refractivity contribution >= 4 is 192 Å². The van der Waals surface area contributed by atoms with E-state index in [-0.39, 0.29) is 0 Å². The molecule has 19 aromatic carbocycles. The van der Waals surface area contributed by atoms with E-state index in [9.17, 15) is 0 Å². The summed E-state index contributed by atoms with van der Waals surface area (Å²) in [4.78, 5) is 51.7. The molecule has 0 radical (unpaired) electrons. The summed E-state index contributed by atoms with van der Waals surface area (Å²) in [5.74, 6) is 3.24. The van der Waals surface area contributed by atoms with Gasteiger partial charge in [-0.3, -0.25) is 0 Å². The van der Waals surface area contributed by atoms with E-state index in [1.165, 1.54) is 98.4 Å². The van der Waals surface area contributed by atoms with Gasteiger partial charge in [-0.1, -0.05) is 382 Å². The van der Waals surface area contributed by atoms with Gasteiger partial charge >= 0.3 is 0 Å². The van der Waals surface area contributed by atoms with E-state index < -0.39 is 0 Å². The lowest BCUT2D eigenvalue weighted by Gasteiger charge is -2.13. The van der Waals surface area contributed by atoms with Gasteiger partial charge in [-0.05, 0) is 103 Å². The first kappa shape index (κ1) is 78.8. The van der Waals surface area contributed by atoms with Crippen molar-refractivity contribution in [1.29, 1.82) is 0 Å². The minimum atomic E-state index is 0.626. The number of aromatic nitrogens is 10. The highest BCUT2D eigenvalue weighted by Gasteiger charge is 2.25. The first-order valence-corrected chi connectivity index (χ1v) is 47.5. The third-order valence-electron chi connectivity index (χ3n) is 25.9. The molecule has 28 aromatic rings. The second kappa shape index (κ2) is 33.0. The predicted octanol–water partition coefficient (Wildman–Crippen LogP) is 33.2. The third kappa shape index (κ3) is 13.9. The first-order chi connectivity index (χ1) is 66.9. The number of hydrogen-bond acceptors (Lipinski definition) is 13. The topological polar surface area (TPSA) is 129 Å². The molecule has 13 heteroatoms. The van der Waals surface area contributed by atoms with Gasteiger partial charge in [0.25, 0.3) is 0 Å². The molecule has 0 amide bonds. The van der Waals surface area contributed by atoms with E-state index in [0.29, 0.717) is 29.1 Å². The van der Waals surface area contributed by atoms with Crippen LogP contribution < -0.4 is 0 Å². The molecule has 9 heterocycles. The summed E-state index contributed by atoms with van der Waals surface area (Å²) in [6.07, 6.45) is 0. The van der Waals surface area contributed by atoms with Crippen LogP contribution in [0.15, 0.2) is 437 Å². The third-order valence-corrected chi connectivity index (χ3v) is 29.5. The summed E-state index contributed by atoms with van der Waals surface area (Å²) in [5.41, 5.74) is 18.4. The molecule has 0 aliphatic heterocycles. The van der Waals surface area contributed by atoms with Gasteiger partial charge in [0.2, 0.25) is 0 Å². The summed E-state index contributed by atoms with van der Waals surface area (Å²) in [6.45, 7) is 0. The number of thiophene rings is 3. The van der Waals surface area contributed by atoms with E-state index >= 15 is 0 Å². The average molecular weight is 1770 g/mol. The molecule has 0 atom stereocenters. The Morgan fingerprint density at radius 1 is 0.148 bits per heavy atom. The molecule has 0 aliphatic rings. The maximum Gasteiger partial charge on any atom is 0.179 e. The summed E-state index contributed by atoms with van der Waals surface area (Å²) in [6, 6.07) is 153. The highest BCUT2D eigenvalue weighted by atomic mass is 32.1. The second-order valence-electron chi connectivity index (χ2n) is 33.8. The molecular formula is C122H72N10S3. The molecule has 0 spiro atoms. The second-order valence-corrected chi connectivity index (χ2v) is 37.0. The van der Waals surface area contributed by atoms with Crippen molar-refractivity contribution in [2.45, 2.75) is 0 Å². The van der Waals surface area contributed by atoms with E-state index in [4.69, 9.17) is 49.8 Å². The van der Waals surface area contributed by atoms with Gasteiger partial charge in [-0.2, -0.15) is 0 Å². The number of rotatable bonds is 10. The van der Waals surface area contributed by atoms with Gasteiger partial charge in [-0.25, -0.2) is 49.8 Å². The Labute approximate surface area is 785 Å². The molecule has 10 nitrogen and oxygen atoms in total. The number of para-hydroxylation sites is 1. The molecule has 0 N–H and O–H groups in total. The fourth-order valence-electron chi connectivity index (χ4n) is 19.5. The number of nitrogens with zero attached hydrogens (tertiary/aromatic N) is 10. The van der Waals surface area contributed by atoms with Crippen LogP contribution in [-0.4, -0.2) is 49.8 Å². The standard InChI is InChI=1S/C48H28N4S.C39H23N3S.C35H21N3S/c1-3-15-33-29(11-1)13-9-20-39(33)47-50-46(51-48(52-47)40-21-10-14-30-12-2-4-16-34(30)40)32-25-23-31(24-26-32)44-37-19-6-5-18-36(37)43-41(49-44)28-27-38-35-17-7-8-22-42(35)53-45(38)43;1-2-11-24(12-3-1)25-13-10-14-26(23-25)36-31-18-6-8-19-32(31)41-39(42-36)37-29-17-5-4-16-28(29)35-33(40-37)22-21-30-27-15-7-9-20-34(27)43-38(30)35;1-3-11-22(12-4-1)29-21-30(38-35(37-29)23-13-5-2-6-14-23)33-26-17-8-7-16-25(26)32-28(36-33)20-19-27-24-15-9-10-18-31(24)39-34(27)32/h1-28H;1-23H;1-21H. The van der Waals surface area contributed by atoms with Gasteiger partial charge in [0.05, 0.1) is 50.5 Å². The van der Waals surface area contributed by atoms with Gasteiger partial charge in [-0.15, -0.1) is 34.0 Å². The lowest BCUT2D eigenvalue weighted by molar-refractivity contribution is 1.08. The SMILES string of the molecule is c1ccc(-c2cc(-c3nc4ccc5c6ccccc6sc5c4c4ccccc34)nc(-c3ccccc3)n2)cc1.c1ccc(-c2cccc(-c3nc(-c4nc5ccc6c7ccccc7sc6c5c5ccccc45)nc4ccccc34)c2)cc1.c1ccc2c(-c3nc(-c4ccc(-c5nc6ccc7c8ccccc8sc7c6c6ccccc56)cc4)nc(-c4cccc5ccccc45)n3)cccc2c1. The zero-order valence-corrected chi connectivity index (χ0v) is 74.7. The molecule has 628 valence electrons. The molecule has 0 saturated heterocycles. The fraction of sp³-hybridized carbons (Fsp3) is 0. The first-order valence-electron chi connectivity index (χ1n) is 45.1. The van der Waals surface area contributed by atoms with Crippen molar-refractivity contribution in [2.75, 3.05) is 0 Å². The Balaban J connectivity index is 0.000000107. The Morgan fingerprint density at radius 2 is 0.496 bits per heavy atom. The molecule has 0 bridgehead atoms. The summed E-state index contributed by atoms with van der Waals surface area (Å²) in [7, 11) is 0. The average Bonchev–Trinajstić information content (AvgIpc) is 1.67. The van der Waals surface area contributed by atoms with E-state index in [0.717, 1.165) is 144 Å². The highest BCUT2D eigenvalue weighted by molar-refractivity contribution is 7.27. The summed E-state index contributed by atoms with van der Waals surface area (Å²) < 4.78 is 7.72. The zero-order chi connectivity index (χ0) is 89.0. The molecule has 0 saturated carbocycles. The maximum atomic E-state index is 5.33. The van der Waals surface area contributed by atoms with Crippen LogP contribution in [0.5, 0.6) is 0 Å². The van der Waals surface area contributed by atoms with Gasteiger partial charge in [0.1, 0.15) is 5.69 Å². The minimum absolute atomic E-state index is 0.626. The van der Waals surface area contributed by atoms with Crippen molar-refractivity contribution in [1.82, 2.24) is 49.8 Å². The zero-order valence-electron chi connectivity index (χ0n) is 72.3. The quantitative estimate of drug-likeness (QED) is 0.122. The van der Waals surface area contributed by atoms with Crippen LogP contribution in [0.4, 0.5) is 0 Å². The van der Waals surface area contributed by atoms with Crippen molar-refractivity contribution in [3.63, 3.8) is 0 Å². The molecular weight excluding hydrogens is 1700 g/mol. The van der Waals surface area contributed by atoms with E-state index in [2.05, 4.69) is 388 Å². The molecule has 9 aromatic heterocycles. The van der Waals surface area contributed by atoms with E-state index in [1.807, 2.05) is 82.5 Å². The Hall–Kier alpha value is -17.2. The lowest BCUT2D eigenvalue weighted by Crippen LogP contribution is -2.01. The smallest absolute Gasteiger partial charge is 0.179 e. The molecule has 0 aliphatic carbocycles. The number of fused-ring (bicyclic) bond motifs is 24. The van der Waals surface area contributed by atoms with Crippen molar-refractivity contribution < 1.29 is 0 Å². The molecule has 0 fully saturated rings. The normalized spacial score (nSPS) is 11.7. The largest absolute Gasteiger partial charge is 0.247 e. The Kier molecular flexibility index (Phi) is 19.3. The maximum absolute atomic E-state index is 5.33. The van der Waals surface area contributed by atoms with Gasteiger partial charge in [0.15, 0.2) is 29.1 Å². The molecule has 135 heavy (non-hydrogen) atoms. The fourth-order valence-corrected chi connectivity index (χ4v) is 23.3. The number of pyridine rings is 3. The van der Waals surface area contributed by atoms with Crippen LogP contribution in [0.25, 0.3) is 271 Å². The van der Waals surface area contributed by atoms with Gasteiger partial charge in [0, 0.05) is 137 Å². The Morgan fingerprint density at radius 3 is 1.02 bits per heavy atom. The highest BCUT2D eigenvalue weighted by Crippen LogP contribution is 2.48. The van der Waals surface area contributed by atoms with Crippen molar-refractivity contribution in [3.8, 4) is 113 Å². The van der Waals surface area contributed by atoms with Crippen LogP contribution >= 0.6 is 34.0 Å². The summed E-state index contributed by atoms with van der Waals surface area (Å²) in [5, 5.41) is 23.7. The van der Waals surface area contributed by atoms with E-state index in [1.54, 1.807) is 0 Å². The van der Waals surface area contributed by atoms with Crippen LogP contribution in [-0.2, 0) is 0 Å². The van der Waals surface area contributed by atoms with Crippen LogP contribution in [0.2, 0.25) is 0 Å². The number of benzene rings is 19. The monoisotopic (exact) mass is 1770 g/mol. The Bertz CT molecular complexity index is 9500. The summed E-state index contributed by atoms with van der Waals surface area (Å²) >= 11 is 5.53.